The van der Waals surface area contributed by atoms with Gasteiger partial charge in [-0.1, -0.05) is 38.5 Å². The van der Waals surface area contributed by atoms with E-state index < -0.39 is 0 Å². The third-order valence-electron chi connectivity index (χ3n) is 4.47. The Morgan fingerprint density at radius 2 is 2.22 bits per heavy atom. The van der Waals surface area contributed by atoms with Crippen LogP contribution in [0, 0.1) is 5.41 Å². The van der Waals surface area contributed by atoms with Gasteiger partial charge in [-0.2, -0.15) is 0 Å². The molecule has 2 nitrogen and oxygen atoms in total. The van der Waals surface area contributed by atoms with Crippen LogP contribution in [0.15, 0.2) is 30.5 Å². The van der Waals surface area contributed by atoms with Crippen LogP contribution in [0.25, 0.3) is 10.9 Å². The molecule has 1 aliphatic rings. The molecule has 0 radical (unpaired) electrons. The molecule has 0 spiro atoms. The van der Waals surface area contributed by atoms with Crippen molar-refractivity contribution in [2.45, 2.75) is 45.7 Å². The molecule has 2 N–H and O–H groups in total. The normalized spacial score (nSPS) is 22.7. The Labute approximate surface area is 109 Å². The first-order valence-corrected chi connectivity index (χ1v) is 6.95. The molecule has 1 heterocycles. The lowest BCUT2D eigenvalue weighted by Gasteiger charge is -2.28. The Balaban J connectivity index is 1.75. The summed E-state index contributed by atoms with van der Waals surface area (Å²) in [6, 6.07) is 9.32. The van der Waals surface area contributed by atoms with Gasteiger partial charge in [-0.3, -0.25) is 0 Å². The largest absolute Gasteiger partial charge is 0.361 e. The van der Waals surface area contributed by atoms with Gasteiger partial charge in [0.15, 0.2) is 0 Å². The van der Waals surface area contributed by atoms with Gasteiger partial charge in [0.05, 0.1) is 0 Å². The van der Waals surface area contributed by atoms with E-state index in [1.165, 1.54) is 35.7 Å². The molecule has 3 rings (SSSR count). The Morgan fingerprint density at radius 3 is 3.00 bits per heavy atom. The smallest absolute Gasteiger partial charge is 0.0499 e. The van der Waals surface area contributed by atoms with E-state index in [-0.39, 0.29) is 0 Å². The second-order valence-corrected chi connectivity index (χ2v) is 6.17. The number of benzene rings is 1. The van der Waals surface area contributed by atoms with Crippen molar-refractivity contribution in [3.63, 3.8) is 0 Å². The summed E-state index contributed by atoms with van der Waals surface area (Å²) in [6.45, 7) is 5.73. The van der Waals surface area contributed by atoms with E-state index in [1.807, 2.05) is 6.20 Å². The van der Waals surface area contributed by atoms with Gasteiger partial charge >= 0.3 is 0 Å². The summed E-state index contributed by atoms with van der Waals surface area (Å²) in [7, 11) is 0. The SMILES string of the molecule is CC1(C)CCCC1NCc1cccc2cc[nH]c12. The number of H-pyrrole nitrogens is 1. The van der Waals surface area contributed by atoms with Crippen LogP contribution < -0.4 is 5.32 Å². The summed E-state index contributed by atoms with van der Waals surface area (Å²) in [4.78, 5) is 3.34. The van der Waals surface area contributed by atoms with Crippen molar-refractivity contribution in [3.05, 3.63) is 36.0 Å². The predicted molar refractivity (Wildman–Crippen MR) is 76.6 cm³/mol. The first kappa shape index (κ1) is 11.8. The van der Waals surface area contributed by atoms with E-state index in [9.17, 15) is 0 Å². The molecule has 0 amide bonds. The highest BCUT2D eigenvalue weighted by Crippen LogP contribution is 2.37. The average molecular weight is 242 g/mol. The Kier molecular flexibility index (Phi) is 2.90. The minimum atomic E-state index is 0.448. The van der Waals surface area contributed by atoms with Gasteiger partial charge in [0, 0.05) is 24.3 Å². The molecule has 1 unspecified atom stereocenters. The maximum absolute atomic E-state index is 3.75. The second-order valence-electron chi connectivity index (χ2n) is 6.17. The van der Waals surface area contributed by atoms with Crippen molar-refractivity contribution in [2.75, 3.05) is 0 Å². The topological polar surface area (TPSA) is 27.8 Å². The summed E-state index contributed by atoms with van der Waals surface area (Å²) in [5, 5.41) is 5.06. The maximum Gasteiger partial charge on any atom is 0.0499 e. The number of aromatic amines is 1. The van der Waals surface area contributed by atoms with Crippen LogP contribution in [0.5, 0.6) is 0 Å². The molecule has 1 aromatic heterocycles. The fourth-order valence-corrected chi connectivity index (χ4v) is 3.24. The fraction of sp³-hybridized carbons (Fsp3) is 0.500. The van der Waals surface area contributed by atoms with E-state index in [1.54, 1.807) is 0 Å². The zero-order valence-electron chi connectivity index (χ0n) is 11.3. The molecule has 1 aromatic carbocycles. The van der Waals surface area contributed by atoms with Crippen LogP contribution in [-0.4, -0.2) is 11.0 Å². The zero-order chi connectivity index (χ0) is 12.6. The molecule has 2 heteroatoms. The molecular formula is C16H22N2. The van der Waals surface area contributed by atoms with Crippen molar-refractivity contribution in [1.29, 1.82) is 0 Å². The standard InChI is InChI=1S/C16H22N2/c1-16(2)9-4-7-14(16)18-11-13-6-3-5-12-8-10-17-15(12)13/h3,5-6,8,10,14,17-18H,4,7,9,11H2,1-2H3. The van der Waals surface area contributed by atoms with Crippen LogP contribution in [-0.2, 0) is 6.54 Å². The van der Waals surface area contributed by atoms with Gasteiger partial charge in [-0.25, -0.2) is 0 Å². The first-order chi connectivity index (χ1) is 8.67. The van der Waals surface area contributed by atoms with E-state index in [0.717, 1.165) is 6.54 Å². The number of aromatic nitrogens is 1. The molecule has 1 atom stereocenters. The molecule has 18 heavy (non-hydrogen) atoms. The number of nitrogens with one attached hydrogen (secondary N) is 2. The summed E-state index contributed by atoms with van der Waals surface area (Å²) >= 11 is 0. The molecule has 0 aliphatic heterocycles. The van der Waals surface area contributed by atoms with Crippen LogP contribution in [0.4, 0.5) is 0 Å². The van der Waals surface area contributed by atoms with Gasteiger partial charge < -0.3 is 10.3 Å². The number of hydrogen-bond acceptors (Lipinski definition) is 1. The van der Waals surface area contributed by atoms with Crippen LogP contribution in [0.2, 0.25) is 0 Å². The fourth-order valence-electron chi connectivity index (χ4n) is 3.24. The maximum atomic E-state index is 3.75. The Bertz CT molecular complexity index is 539. The monoisotopic (exact) mass is 242 g/mol. The van der Waals surface area contributed by atoms with Crippen molar-refractivity contribution < 1.29 is 0 Å². The molecule has 0 bridgehead atoms. The summed E-state index contributed by atoms with van der Waals surface area (Å²) in [6.07, 6.45) is 6.04. The van der Waals surface area contributed by atoms with Crippen LogP contribution in [0.3, 0.4) is 0 Å². The minimum absolute atomic E-state index is 0.448. The van der Waals surface area contributed by atoms with Crippen molar-refractivity contribution in [3.8, 4) is 0 Å². The Hall–Kier alpha value is -1.28. The number of hydrogen-bond donors (Lipinski definition) is 2. The third-order valence-corrected chi connectivity index (χ3v) is 4.47. The molecule has 1 fully saturated rings. The predicted octanol–water partition coefficient (Wildman–Crippen LogP) is 3.84. The lowest BCUT2D eigenvalue weighted by atomic mass is 9.87. The van der Waals surface area contributed by atoms with Gasteiger partial charge in [0.2, 0.25) is 0 Å². The molecule has 1 aliphatic carbocycles. The van der Waals surface area contributed by atoms with E-state index >= 15 is 0 Å². The van der Waals surface area contributed by atoms with Crippen molar-refractivity contribution in [1.82, 2.24) is 10.3 Å². The highest BCUT2D eigenvalue weighted by Gasteiger charge is 2.33. The number of fused-ring (bicyclic) bond motifs is 1. The van der Waals surface area contributed by atoms with E-state index in [4.69, 9.17) is 0 Å². The molecule has 0 saturated heterocycles. The first-order valence-electron chi connectivity index (χ1n) is 6.95. The summed E-state index contributed by atoms with van der Waals surface area (Å²) in [5.74, 6) is 0. The van der Waals surface area contributed by atoms with Gasteiger partial charge in [0.1, 0.15) is 0 Å². The molecule has 96 valence electrons. The minimum Gasteiger partial charge on any atom is -0.361 e. The number of para-hydroxylation sites is 1. The average Bonchev–Trinajstić information content (AvgIpc) is 2.92. The highest BCUT2D eigenvalue weighted by molar-refractivity contribution is 5.82. The van der Waals surface area contributed by atoms with E-state index in [0.29, 0.717) is 11.5 Å². The van der Waals surface area contributed by atoms with Crippen LogP contribution in [0.1, 0.15) is 38.7 Å². The molecule has 1 saturated carbocycles. The molecule has 2 aromatic rings. The van der Waals surface area contributed by atoms with Gasteiger partial charge in [0.25, 0.3) is 0 Å². The summed E-state index contributed by atoms with van der Waals surface area (Å²) < 4.78 is 0. The van der Waals surface area contributed by atoms with Gasteiger partial charge in [-0.15, -0.1) is 0 Å². The van der Waals surface area contributed by atoms with E-state index in [2.05, 4.69) is 48.4 Å². The molecular weight excluding hydrogens is 220 g/mol. The lowest BCUT2D eigenvalue weighted by Crippen LogP contribution is -2.37. The summed E-state index contributed by atoms with van der Waals surface area (Å²) in [5.41, 5.74) is 3.10. The quantitative estimate of drug-likeness (QED) is 0.841. The zero-order valence-corrected chi connectivity index (χ0v) is 11.3. The van der Waals surface area contributed by atoms with Gasteiger partial charge in [-0.05, 0) is 35.3 Å². The van der Waals surface area contributed by atoms with Crippen molar-refractivity contribution in [2.24, 2.45) is 5.41 Å². The van der Waals surface area contributed by atoms with Crippen LogP contribution >= 0.6 is 0 Å². The third kappa shape index (κ3) is 2.05. The second kappa shape index (κ2) is 4.43. The highest BCUT2D eigenvalue weighted by atomic mass is 14.9. The van der Waals surface area contributed by atoms with Crippen molar-refractivity contribution >= 4 is 10.9 Å². The Morgan fingerprint density at radius 1 is 1.33 bits per heavy atom. The lowest BCUT2D eigenvalue weighted by molar-refractivity contribution is 0.283. The number of rotatable bonds is 3.